The zero-order valence-electron chi connectivity index (χ0n) is 13.6. The summed E-state index contributed by atoms with van der Waals surface area (Å²) in [6.07, 6.45) is 0.122. The van der Waals surface area contributed by atoms with Gasteiger partial charge < -0.3 is 10.2 Å². The van der Waals surface area contributed by atoms with Crippen molar-refractivity contribution in [1.29, 1.82) is 5.26 Å². The summed E-state index contributed by atoms with van der Waals surface area (Å²) in [6, 6.07) is 6.96. The molecule has 1 saturated heterocycles. The summed E-state index contributed by atoms with van der Waals surface area (Å²) in [5.41, 5.74) is 0. The Morgan fingerprint density at radius 3 is 2.68 bits per heavy atom. The van der Waals surface area contributed by atoms with Gasteiger partial charge in [0.1, 0.15) is 12.6 Å². The molecule has 0 bridgehead atoms. The van der Waals surface area contributed by atoms with Gasteiger partial charge in [0.05, 0.1) is 21.2 Å². The molecule has 134 valence electrons. The predicted octanol–water partition coefficient (Wildman–Crippen LogP) is 1.13. The van der Waals surface area contributed by atoms with E-state index in [1.54, 1.807) is 25.1 Å². The molecule has 2 atom stereocenters. The summed E-state index contributed by atoms with van der Waals surface area (Å²) in [7, 11) is -3.80. The fraction of sp³-hybridized carbons (Fsp3) is 0.438. The Hall–Kier alpha value is -2.11. The van der Waals surface area contributed by atoms with Gasteiger partial charge in [-0.05, 0) is 18.6 Å². The van der Waals surface area contributed by atoms with Crippen LogP contribution in [0.2, 0.25) is 5.02 Å². The first-order chi connectivity index (χ1) is 11.8. The maximum Gasteiger partial charge on any atom is 0.243 e. The summed E-state index contributed by atoms with van der Waals surface area (Å²) >= 11 is 6.01. The van der Waals surface area contributed by atoms with Gasteiger partial charge in [0, 0.05) is 13.0 Å². The Labute approximate surface area is 151 Å². The van der Waals surface area contributed by atoms with Gasteiger partial charge in [-0.2, -0.15) is 5.26 Å². The van der Waals surface area contributed by atoms with Gasteiger partial charge >= 0.3 is 0 Å². The van der Waals surface area contributed by atoms with Crippen molar-refractivity contribution in [3.05, 3.63) is 29.3 Å². The third-order valence-corrected chi connectivity index (χ3v) is 6.74. The second kappa shape index (κ2) is 7.85. The molecule has 1 aliphatic rings. The van der Waals surface area contributed by atoms with Crippen LogP contribution < -0.4 is 5.32 Å². The molecule has 1 aromatic carbocycles. The number of amides is 2. The lowest BCUT2D eigenvalue weighted by Gasteiger charge is -2.22. The Morgan fingerprint density at radius 1 is 1.40 bits per heavy atom. The van der Waals surface area contributed by atoms with E-state index < -0.39 is 27.0 Å². The summed E-state index contributed by atoms with van der Waals surface area (Å²) in [5.74, 6) is -0.839. The SMILES string of the molecule is CCC(=O)N1C[C@H](S(=O)(=O)c2ccccc2Cl)C[C@H]1C(=O)NCC#N. The number of carbonyl (C=O) groups is 2. The van der Waals surface area contributed by atoms with Crippen molar-refractivity contribution in [1.82, 2.24) is 10.2 Å². The minimum absolute atomic E-state index is 0.0105. The number of hydrogen-bond acceptors (Lipinski definition) is 5. The summed E-state index contributed by atoms with van der Waals surface area (Å²) in [5, 5.41) is 10.2. The number of nitriles is 1. The first-order valence-corrected chi connectivity index (χ1v) is 9.67. The number of nitrogens with one attached hydrogen (secondary N) is 1. The molecule has 1 aliphatic heterocycles. The van der Waals surface area contributed by atoms with Gasteiger partial charge in [0.15, 0.2) is 9.84 Å². The monoisotopic (exact) mass is 383 g/mol. The number of likely N-dealkylation sites (tertiary alicyclic amines) is 1. The minimum atomic E-state index is -3.80. The van der Waals surface area contributed by atoms with Crippen LogP contribution in [0.5, 0.6) is 0 Å². The van der Waals surface area contributed by atoms with E-state index in [1.807, 2.05) is 0 Å². The highest BCUT2D eigenvalue weighted by molar-refractivity contribution is 7.92. The predicted molar refractivity (Wildman–Crippen MR) is 91.5 cm³/mol. The molecule has 0 aliphatic carbocycles. The Kier molecular flexibility index (Phi) is 6.03. The highest BCUT2D eigenvalue weighted by atomic mass is 35.5. The Morgan fingerprint density at radius 2 is 2.08 bits per heavy atom. The van der Waals surface area contributed by atoms with E-state index in [2.05, 4.69) is 5.32 Å². The highest BCUT2D eigenvalue weighted by Gasteiger charge is 2.45. The van der Waals surface area contributed by atoms with Gasteiger partial charge in [0.25, 0.3) is 0 Å². The van der Waals surface area contributed by atoms with E-state index >= 15 is 0 Å². The molecule has 7 nitrogen and oxygen atoms in total. The van der Waals surface area contributed by atoms with Crippen molar-refractivity contribution in [3.8, 4) is 6.07 Å². The van der Waals surface area contributed by atoms with Crippen LogP contribution in [0.3, 0.4) is 0 Å². The quantitative estimate of drug-likeness (QED) is 0.767. The second-order valence-corrected chi connectivity index (χ2v) is 8.23. The van der Waals surface area contributed by atoms with Gasteiger partial charge in [0.2, 0.25) is 11.8 Å². The first kappa shape index (κ1) is 19.2. The molecule has 2 amide bonds. The molecule has 1 fully saturated rings. The van der Waals surface area contributed by atoms with Crippen LogP contribution in [-0.2, 0) is 19.4 Å². The molecule has 1 N–H and O–H groups in total. The van der Waals surface area contributed by atoms with E-state index in [4.69, 9.17) is 16.9 Å². The lowest BCUT2D eigenvalue weighted by molar-refractivity contribution is -0.138. The number of hydrogen-bond donors (Lipinski definition) is 1. The van der Waals surface area contributed by atoms with Gasteiger partial charge in [-0.1, -0.05) is 30.7 Å². The zero-order valence-corrected chi connectivity index (χ0v) is 15.2. The molecular formula is C16H18ClN3O4S. The molecule has 1 aromatic rings. The fourth-order valence-corrected chi connectivity index (χ4v) is 5.07. The normalized spacial score (nSPS) is 20.1. The molecule has 9 heteroatoms. The van der Waals surface area contributed by atoms with Crippen molar-refractivity contribution in [2.45, 2.75) is 36.0 Å². The van der Waals surface area contributed by atoms with Crippen LogP contribution in [0.15, 0.2) is 29.2 Å². The molecule has 0 saturated carbocycles. The van der Waals surface area contributed by atoms with Crippen molar-refractivity contribution in [3.63, 3.8) is 0 Å². The summed E-state index contributed by atoms with van der Waals surface area (Å²) in [6.45, 7) is 1.36. The third kappa shape index (κ3) is 3.94. The maximum absolute atomic E-state index is 12.9. The second-order valence-electron chi connectivity index (χ2n) is 5.62. The standard InChI is InChI=1S/C16H18ClN3O4S/c1-2-15(21)20-10-11(9-13(20)16(22)19-8-7-18)25(23,24)14-6-4-3-5-12(14)17/h3-6,11,13H,2,8-10H2,1H3,(H,19,22)/t11-,13+/m1/s1. The zero-order chi connectivity index (χ0) is 18.6. The van der Waals surface area contributed by atoms with Crippen molar-refractivity contribution >= 4 is 33.3 Å². The van der Waals surface area contributed by atoms with E-state index in [1.165, 1.54) is 17.0 Å². The number of rotatable bonds is 5. The van der Waals surface area contributed by atoms with Crippen molar-refractivity contribution in [2.24, 2.45) is 0 Å². The first-order valence-electron chi connectivity index (χ1n) is 7.75. The lowest BCUT2D eigenvalue weighted by Crippen LogP contribution is -2.45. The number of halogens is 1. The summed E-state index contributed by atoms with van der Waals surface area (Å²) in [4.78, 5) is 25.6. The number of nitrogens with zero attached hydrogens (tertiary/aromatic N) is 2. The van der Waals surface area contributed by atoms with E-state index in [0.717, 1.165) is 0 Å². The van der Waals surface area contributed by atoms with Gasteiger partial charge in [-0.3, -0.25) is 9.59 Å². The lowest BCUT2D eigenvalue weighted by atomic mass is 10.2. The molecule has 0 spiro atoms. The van der Waals surface area contributed by atoms with Crippen LogP contribution in [-0.4, -0.2) is 49.5 Å². The average Bonchev–Trinajstić information content (AvgIpc) is 3.05. The Balaban J connectivity index is 2.32. The van der Waals surface area contributed by atoms with Crippen LogP contribution in [0.1, 0.15) is 19.8 Å². The maximum atomic E-state index is 12.9. The number of sulfone groups is 1. The number of benzene rings is 1. The van der Waals surface area contributed by atoms with Gasteiger partial charge in [-0.25, -0.2) is 8.42 Å². The minimum Gasteiger partial charge on any atom is -0.341 e. The molecule has 2 rings (SSSR count). The van der Waals surface area contributed by atoms with E-state index in [9.17, 15) is 18.0 Å². The fourth-order valence-electron chi connectivity index (χ4n) is 2.85. The van der Waals surface area contributed by atoms with Crippen LogP contribution in [0, 0.1) is 11.3 Å². The molecule has 25 heavy (non-hydrogen) atoms. The van der Waals surface area contributed by atoms with Crippen molar-refractivity contribution in [2.75, 3.05) is 13.1 Å². The molecule has 1 heterocycles. The average molecular weight is 384 g/mol. The molecular weight excluding hydrogens is 366 g/mol. The van der Waals surface area contributed by atoms with Crippen LogP contribution in [0.25, 0.3) is 0 Å². The van der Waals surface area contributed by atoms with E-state index in [0.29, 0.717) is 0 Å². The molecule has 0 aromatic heterocycles. The molecule has 0 unspecified atom stereocenters. The highest BCUT2D eigenvalue weighted by Crippen LogP contribution is 2.31. The summed E-state index contributed by atoms with van der Waals surface area (Å²) < 4.78 is 25.8. The van der Waals surface area contributed by atoms with Gasteiger partial charge in [-0.15, -0.1) is 0 Å². The Bertz CT molecular complexity index is 819. The van der Waals surface area contributed by atoms with Crippen LogP contribution >= 0.6 is 11.6 Å². The molecule has 0 radical (unpaired) electrons. The topological polar surface area (TPSA) is 107 Å². The smallest absolute Gasteiger partial charge is 0.243 e. The van der Waals surface area contributed by atoms with E-state index in [-0.39, 0.29) is 41.8 Å². The van der Waals surface area contributed by atoms with Crippen molar-refractivity contribution < 1.29 is 18.0 Å². The van der Waals surface area contributed by atoms with Crippen LogP contribution in [0.4, 0.5) is 0 Å². The largest absolute Gasteiger partial charge is 0.341 e. The number of carbonyl (C=O) groups excluding carboxylic acids is 2. The third-order valence-electron chi connectivity index (χ3n) is 4.11.